The molecule has 2 aromatic rings. The van der Waals surface area contributed by atoms with E-state index < -0.39 is 40.1 Å². The highest BCUT2D eigenvalue weighted by atomic mass is 16.7. The van der Waals surface area contributed by atoms with E-state index in [9.17, 15) is 34.6 Å². The molecule has 220 valence electrons. The van der Waals surface area contributed by atoms with Crippen LogP contribution in [-0.2, 0) is 18.9 Å². The molecule has 0 N–H and O–H groups in total. The van der Waals surface area contributed by atoms with E-state index in [1.165, 1.54) is 55.5 Å². The zero-order chi connectivity index (χ0) is 31.1. The van der Waals surface area contributed by atoms with Crippen LogP contribution in [0.2, 0.25) is 0 Å². The number of esters is 2. The van der Waals surface area contributed by atoms with Gasteiger partial charge in [0.05, 0.1) is 27.6 Å². The van der Waals surface area contributed by atoms with Gasteiger partial charge in [0.15, 0.2) is 6.10 Å². The van der Waals surface area contributed by atoms with Crippen LogP contribution in [0.4, 0.5) is 16.2 Å². The van der Waals surface area contributed by atoms with Gasteiger partial charge in [-0.15, -0.1) is 0 Å². The van der Waals surface area contributed by atoms with E-state index in [1.54, 1.807) is 32.1 Å². The molecule has 0 aromatic heterocycles. The Labute approximate surface area is 241 Å². The van der Waals surface area contributed by atoms with Crippen LogP contribution in [0.25, 0.3) is 0 Å². The summed E-state index contributed by atoms with van der Waals surface area (Å²) in [6.07, 6.45) is 2.59. The number of nitrogens with zero attached hydrogens (tertiary/aromatic N) is 2. The SMILES string of the molecule is CCOC(=O)OC/C=C/C/C(C#CC(C)OC(=O)c1ccc([N+](=O)[O-])cc1)=C/C(C)OC(=O)c1ccc([N+](=O)[O-])cc1. The highest BCUT2D eigenvalue weighted by molar-refractivity contribution is 5.90. The van der Waals surface area contributed by atoms with E-state index in [-0.39, 0.29) is 42.1 Å². The van der Waals surface area contributed by atoms with Gasteiger partial charge in [-0.2, -0.15) is 0 Å². The maximum atomic E-state index is 12.5. The fourth-order valence-corrected chi connectivity index (χ4v) is 3.16. The molecule has 0 spiro atoms. The van der Waals surface area contributed by atoms with E-state index in [0.717, 1.165) is 0 Å². The maximum Gasteiger partial charge on any atom is 0.508 e. The second-order valence-electron chi connectivity index (χ2n) is 8.40. The van der Waals surface area contributed by atoms with Gasteiger partial charge in [0.1, 0.15) is 12.7 Å². The summed E-state index contributed by atoms with van der Waals surface area (Å²) in [5.74, 6) is 4.23. The first-order valence-electron chi connectivity index (χ1n) is 12.6. The number of non-ortho nitro benzene ring substituents is 2. The van der Waals surface area contributed by atoms with Gasteiger partial charge < -0.3 is 18.9 Å². The van der Waals surface area contributed by atoms with E-state index in [0.29, 0.717) is 5.57 Å². The molecule has 0 saturated heterocycles. The summed E-state index contributed by atoms with van der Waals surface area (Å²) in [4.78, 5) is 56.6. The molecule has 13 heteroatoms. The minimum absolute atomic E-state index is 0.0481. The second-order valence-corrected chi connectivity index (χ2v) is 8.40. The Kier molecular flexibility index (Phi) is 12.9. The van der Waals surface area contributed by atoms with Crippen LogP contribution in [0.15, 0.2) is 72.3 Å². The predicted molar refractivity (Wildman–Crippen MR) is 149 cm³/mol. The highest BCUT2D eigenvalue weighted by Crippen LogP contribution is 2.15. The topological polar surface area (TPSA) is 174 Å². The van der Waals surface area contributed by atoms with Gasteiger partial charge in [-0.3, -0.25) is 20.2 Å². The van der Waals surface area contributed by atoms with Gasteiger partial charge in [0, 0.05) is 29.8 Å². The fraction of sp³-hybridized carbons (Fsp3) is 0.276. The summed E-state index contributed by atoms with van der Waals surface area (Å²) < 4.78 is 20.3. The number of hydrogen-bond donors (Lipinski definition) is 0. The second kappa shape index (κ2) is 16.6. The zero-order valence-electron chi connectivity index (χ0n) is 23.0. The third-order valence-corrected chi connectivity index (χ3v) is 5.14. The van der Waals surface area contributed by atoms with E-state index in [2.05, 4.69) is 16.6 Å². The van der Waals surface area contributed by atoms with Gasteiger partial charge in [0.25, 0.3) is 11.4 Å². The van der Waals surface area contributed by atoms with Crippen molar-refractivity contribution in [2.75, 3.05) is 13.2 Å². The van der Waals surface area contributed by atoms with Crippen molar-refractivity contribution in [2.45, 2.75) is 39.4 Å². The lowest BCUT2D eigenvalue weighted by molar-refractivity contribution is -0.385. The van der Waals surface area contributed by atoms with Crippen molar-refractivity contribution in [3.63, 3.8) is 0 Å². The summed E-state index contributed by atoms with van der Waals surface area (Å²) in [5.41, 5.74) is 0.375. The molecular weight excluding hydrogens is 552 g/mol. The van der Waals surface area contributed by atoms with Crippen molar-refractivity contribution in [1.82, 2.24) is 0 Å². The van der Waals surface area contributed by atoms with Crippen molar-refractivity contribution < 1.29 is 43.2 Å². The van der Waals surface area contributed by atoms with E-state index >= 15 is 0 Å². The Balaban J connectivity index is 2.12. The van der Waals surface area contributed by atoms with Gasteiger partial charge in [-0.25, -0.2) is 14.4 Å². The molecular formula is C29H28N2O11. The van der Waals surface area contributed by atoms with Crippen LogP contribution >= 0.6 is 0 Å². The van der Waals surface area contributed by atoms with Crippen molar-refractivity contribution in [3.8, 4) is 11.8 Å². The predicted octanol–water partition coefficient (Wildman–Crippen LogP) is 5.34. The lowest BCUT2D eigenvalue weighted by atomic mass is 10.1. The summed E-state index contributed by atoms with van der Waals surface area (Å²) in [7, 11) is 0. The average Bonchev–Trinajstić information content (AvgIpc) is 2.95. The van der Waals surface area contributed by atoms with Crippen LogP contribution < -0.4 is 0 Å². The number of carbonyl (C=O) groups is 3. The Morgan fingerprint density at radius 1 is 0.833 bits per heavy atom. The third kappa shape index (κ3) is 11.3. The van der Waals surface area contributed by atoms with Crippen molar-refractivity contribution in [2.24, 2.45) is 0 Å². The first-order chi connectivity index (χ1) is 20.0. The Bertz CT molecular complexity index is 1400. The molecule has 0 aliphatic carbocycles. The molecule has 2 aromatic carbocycles. The molecule has 2 atom stereocenters. The number of nitro groups is 2. The zero-order valence-corrected chi connectivity index (χ0v) is 23.0. The molecule has 0 aliphatic heterocycles. The largest absolute Gasteiger partial charge is 0.508 e. The lowest BCUT2D eigenvalue weighted by Gasteiger charge is -2.11. The number of rotatable bonds is 12. The molecule has 0 aliphatic rings. The summed E-state index contributed by atoms with van der Waals surface area (Å²) in [6, 6.07) is 9.87. The Hall–Kier alpha value is -5.51. The molecule has 2 unspecified atom stereocenters. The molecule has 0 fully saturated rings. The molecule has 42 heavy (non-hydrogen) atoms. The first kappa shape index (κ1) is 32.7. The maximum absolute atomic E-state index is 12.5. The van der Waals surface area contributed by atoms with Crippen molar-refractivity contribution in [1.29, 1.82) is 0 Å². The lowest BCUT2D eigenvalue weighted by Crippen LogP contribution is -2.14. The standard InChI is InChI=1S/C29H28N2O11/c1-4-39-29(34)40-18-6-5-7-22(19-21(3)42-28(33)24-12-16-26(17-13-24)31(37)38)9-8-20(2)41-27(32)23-10-14-25(15-11-23)30(35)36/h5-6,10-17,19-21H,4,7,18H2,1-3H3/b6-5+,22-19-. The Morgan fingerprint density at radius 3 is 1.86 bits per heavy atom. The summed E-state index contributed by atoms with van der Waals surface area (Å²) in [5, 5.41) is 21.6. The summed E-state index contributed by atoms with van der Waals surface area (Å²) in [6.45, 7) is 4.90. The number of carbonyl (C=O) groups excluding carboxylic acids is 3. The minimum Gasteiger partial charge on any atom is -0.455 e. The van der Waals surface area contributed by atoms with Gasteiger partial charge in [-0.05, 0) is 57.5 Å². The van der Waals surface area contributed by atoms with Gasteiger partial charge in [-0.1, -0.05) is 24.0 Å². The van der Waals surface area contributed by atoms with Crippen LogP contribution in [0.5, 0.6) is 0 Å². The van der Waals surface area contributed by atoms with Crippen molar-refractivity contribution >= 4 is 29.5 Å². The molecule has 0 amide bonds. The third-order valence-electron chi connectivity index (χ3n) is 5.14. The molecule has 0 radical (unpaired) electrons. The number of benzene rings is 2. The van der Waals surface area contributed by atoms with Crippen LogP contribution in [-0.4, -0.2) is 53.4 Å². The number of hydrogen-bond acceptors (Lipinski definition) is 11. The van der Waals surface area contributed by atoms with Crippen LogP contribution in [0.1, 0.15) is 47.9 Å². The van der Waals surface area contributed by atoms with Crippen LogP contribution in [0, 0.1) is 32.1 Å². The molecule has 0 saturated carbocycles. The number of nitro benzene ring substituents is 2. The molecule has 13 nitrogen and oxygen atoms in total. The average molecular weight is 581 g/mol. The van der Waals surface area contributed by atoms with Crippen LogP contribution in [0.3, 0.4) is 0 Å². The monoisotopic (exact) mass is 580 g/mol. The normalized spacial score (nSPS) is 12.3. The van der Waals surface area contributed by atoms with Crippen molar-refractivity contribution in [3.05, 3.63) is 104 Å². The summed E-state index contributed by atoms with van der Waals surface area (Å²) >= 11 is 0. The Morgan fingerprint density at radius 2 is 1.36 bits per heavy atom. The van der Waals surface area contributed by atoms with Gasteiger partial charge >= 0.3 is 18.1 Å². The highest BCUT2D eigenvalue weighted by Gasteiger charge is 2.15. The van der Waals surface area contributed by atoms with E-state index in [4.69, 9.17) is 14.2 Å². The van der Waals surface area contributed by atoms with Gasteiger partial charge in [0.2, 0.25) is 0 Å². The van der Waals surface area contributed by atoms with E-state index in [1.807, 2.05) is 0 Å². The fourth-order valence-electron chi connectivity index (χ4n) is 3.16. The number of ether oxygens (including phenoxy) is 4. The molecule has 0 heterocycles. The quantitative estimate of drug-likeness (QED) is 0.0791. The number of allylic oxidation sites excluding steroid dienone is 2. The first-order valence-corrected chi connectivity index (χ1v) is 12.6. The molecule has 2 rings (SSSR count). The smallest absolute Gasteiger partial charge is 0.455 e. The minimum atomic E-state index is -0.870. The molecule has 0 bridgehead atoms.